The molecule has 0 radical (unpaired) electrons. The molecule has 0 aliphatic heterocycles. The molecule has 21 heavy (non-hydrogen) atoms. The Kier molecular flexibility index (Phi) is 9.72. The third-order valence-electron chi connectivity index (χ3n) is 3.01. The zero-order valence-corrected chi connectivity index (χ0v) is 13.3. The van der Waals surface area contributed by atoms with Crippen molar-refractivity contribution in [1.29, 1.82) is 0 Å². The monoisotopic (exact) mass is 290 g/mol. The molecule has 0 saturated carbocycles. The summed E-state index contributed by atoms with van der Waals surface area (Å²) in [6.07, 6.45) is 2.06. The first-order valence-corrected chi connectivity index (χ1v) is 7.08. The Morgan fingerprint density at radius 2 is 1.24 bits per heavy atom. The fourth-order valence-electron chi connectivity index (χ4n) is 1.67. The lowest BCUT2D eigenvalue weighted by molar-refractivity contribution is 0.399. The molecule has 116 valence electrons. The molecule has 0 spiro atoms. The molecular formula is C18H26O3. The van der Waals surface area contributed by atoms with Crippen molar-refractivity contribution < 1.29 is 15.3 Å². The summed E-state index contributed by atoms with van der Waals surface area (Å²) in [5.74, 6) is 0.726. The SMILES string of the molecule is CCc1ccc(O)c(C)c1.CCc1ccc(O)cc1.CO. The Balaban J connectivity index is 0.000000342. The Hall–Kier alpha value is -2.00. The zero-order valence-electron chi connectivity index (χ0n) is 13.3. The molecule has 0 bridgehead atoms. The van der Waals surface area contributed by atoms with Gasteiger partial charge in [-0.25, -0.2) is 0 Å². The van der Waals surface area contributed by atoms with E-state index in [-0.39, 0.29) is 0 Å². The van der Waals surface area contributed by atoms with Crippen LogP contribution in [-0.2, 0) is 12.8 Å². The van der Waals surface area contributed by atoms with E-state index in [0.717, 1.165) is 25.5 Å². The number of aryl methyl sites for hydroxylation is 3. The molecule has 0 aliphatic carbocycles. The minimum Gasteiger partial charge on any atom is -0.508 e. The highest BCUT2D eigenvalue weighted by molar-refractivity contribution is 5.34. The number of phenolic OH excluding ortho intramolecular Hbond substituents is 2. The van der Waals surface area contributed by atoms with Crippen LogP contribution in [0.2, 0.25) is 0 Å². The summed E-state index contributed by atoms with van der Waals surface area (Å²) < 4.78 is 0. The van der Waals surface area contributed by atoms with Crippen LogP contribution in [0, 0.1) is 6.92 Å². The highest BCUT2D eigenvalue weighted by Crippen LogP contribution is 2.16. The van der Waals surface area contributed by atoms with E-state index in [1.54, 1.807) is 18.2 Å². The van der Waals surface area contributed by atoms with Crippen LogP contribution < -0.4 is 0 Å². The lowest BCUT2D eigenvalue weighted by Gasteiger charge is -1.99. The van der Waals surface area contributed by atoms with Gasteiger partial charge in [-0.2, -0.15) is 0 Å². The highest BCUT2D eigenvalue weighted by atomic mass is 16.3. The van der Waals surface area contributed by atoms with Crippen LogP contribution in [0.25, 0.3) is 0 Å². The van der Waals surface area contributed by atoms with Crippen molar-refractivity contribution in [2.75, 3.05) is 7.11 Å². The van der Waals surface area contributed by atoms with Crippen molar-refractivity contribution in [3.8, 4) is 11.5 Å². The second-order valence-electron chi connectivity index (χ2n) is 4.49. The van der Waals surface area contributed by atoms with E-state index >= 15 is 0 Å². The van der Waals surface area contributed by atoms with Gasteiger partial charge in [0.15, 0.2) is 0 Å². The Bertz CT molecular complexity index is 504. The smallest absolute Gasteiger partial charge is 0.118 e. The summed E-state index contributed by atoms with van der Waals surface area (Å²) in [6, 6.07) is 13.0. The Morgan fingerprint density at radius 1 is 0.762 bits per heavy atom. The second-order valence-corrected chi connectivity index (χ2v) is 4.49. The van der Waals surface area contributed by atoms with Gasteiger partial charge in [0.25, 0.3) is 0 Å². The van der Waals surface area contributed by atoms with Crippen LogP contribution >= 0.6 is 0 Å². The predicted molar refractivity (Wildman–Crippen MR) is 87.8 cm³/mol. The van der Waals surface area contributed by atoms with Crippen LogP contribution in [0.1, 0.15) is 30.5 Å². The van der Waals surface area contributed by atoms with Crippen molar-refractivity contribution in [2.24, 2.45) is 0 Å². The maximum Gasteiger partial charge on any atom is 0.118 e. The topological polar surface area (TPSA) is 60.7 Å². The highest BCUT2D eigenvalue weighted by Gasteiger charge is 1.94. The van der Waals surface area contributed by atoms with Crippen LogP contribution in [0.4, 0.5) is 0 Å². The summed E-state index contributed by atoms with van der Waals surface area (Å²) in [7, 11) is 1.00. The molecule has 0 fully saturated rings. The lowest BCUT2D eigenvalue weighted by Crippen LogP contribution is -1.80. The van der Waals surface area contributed by atoms with Gasteiger partial charge in [0.05, 0.1) is 0 Å². The number of aliphatic hydroxyl groups is 1. The van der Waals surface area contributed by atoms with E-state index in [1.807, 2.05) is 31.2 Å². The van der Waals surface area contributed by atoms with Gasteiger partial charge < -0.3 is 15.3 Å². The normalized spacial score (nSPS) is 9.00. The molecule has 2 rings (SSSR count). The Labute approximate surface area is 127 Å². The summed E-state index contributed by atoms with van der Waals surface area (Å²) in [5, 5.41) is 25.0. The molecule has 2 aromatic carbocycles. The van der Waals surface area contributed by atoms with Crippen molar-refractivity contribution in [1.82, 2.24) is 0 Å². The van der Waals surface area contributed by atoms with E-state index in [9.17, 15) is 0 Å². The van der Waals surface area contributed by atoms with Gasteiger partial charge in [0.1, 0.15) is 11.5 Å². The van der Waals surface area contributed by atoms with Gasteiger partial charge >= 0.3 is 0 Å². The Morgan fingerprint density at radius 3 is 1.67 bits per heavy atom. The number of rotatable bonds is 2. The number of benzene rings is 2. The fraction of sp³-hybridized carbons (Fsp3) is 0.333. The van der Waals surface area contributed by atoms with E-state index < -0.39 is 0 Å². The van der Waals surface area contributed by atoms with Gasteiger partial charge in [-0.15, -0.1) is 0 Å². The number of aliphatic hydroxyl groups excluding tert-OH is 1. The third kappa shape index (κ3) is 7.37. The van der Waals surface area contributed by atoms with Gasteiger partial charge in [-0.05, 0) is 54.7 Å². The van der Waals surface area contributed by atoms with Gasteiger partial charge in [-0.3, -0.25) is 0 Å². The van der Waals surface area contributed by atoms with Crippen molar-refractivity contribution >= 4 is 0 Å². The van der Waals surface area contributed by atoms with Gasteiger partial charge in [-0.1, -0.05) is 38.1 Å². The predicted octanol–water partition coefficient (Wildman–Crippen LogP) is 3.83. The third-order valence-corrected chi connectivity index (χ3v) is 3.01. The van der Waals surface area contributed by atoms with Crippen molar-refractivity contribution in [3.63, 3.8) is 0 Å². The molecule has 3 N–H and O–H groups in total. The maximum atomic E-state index is 9.14. The number of hydrogen-bond donors (Lipinski definition) is 3. The first-order chi connectivity index (χ1) is 10.1. The lowest BCUT2D eigenvalue weighted by atomic mass is 10.1. The van der Waals surface area contributed by atoms with Crippen LogP contribution in [0.5, 0.6) is 11.5 Å². The van der Waals surface area contributed by atoms with Crippen LogP contribution in [0.3, 0.4) is 0 Å². The van der Waals surface area contributed by atoms with E-state index in [4.69, 9.17) is 15.3 Å². The molecular weight excluding hydrogens is 264 g/mol. The molecule has 0 atom stereocenters. The van der Waals surface area contributed by atoms with Gasteiger partial charge in [0, 0.05) is 7.11 Å². The molecule has 0 heterocycles. The quantitative estimate of drug-likeness (QED) is 0.788. The summed E-state index contributed by atoms with van der Waals surface area (Å²) in [5.41, 5.74) is 3.49. The average Bonchev–Trinajstić information content (AvgIpc) is 2.53. The van der Waals surface area contributed by atoms with Crippen LogP contribution in [0.15, 0.2) is 42.5 Å². The molecule has 0 aliphatic rings. The summed E-state index contributed by atoms with van der Waals surface area (Å²) >= 11 is 0. The molecule has 0 amide bonds. The van der Waals surface area contributed by atoms with Crippen molar-refractivity contribution in [3.05, 3.63) is 59.2 Å². The van der Waals surface area contributed by atoms with E-state index in [2.05, 4.69) is 13.8 Å². The molecule has 3 heteroatoms. The minimum atomic E-state index is 0.340. The summed E-state index contributed by atoms with van der Waals surface area (Å²) in [6.45, 7) is 6.10. The minimum absolute atomic E-state index is 0.340. The second kappa shape index (κ2) is 10.7. The number of phenols is 2. The first kappa shape index (κ1) is 19.0. The summed E-state index contributed by atoms with van der Waals surface area (Å²) in [4.78, 5) is 0. The molecule has 0 aromatic heterocycles. The molecule has 2 aromatic rings. The fourth-order valence-corrected chi connectivity index (χ4v) is 1.67. The average molecular weight is 290 g/mol. The zero-order chi connectivity index (χ0) is 16.3. The first-order valence-electron chi connectivity index (χ1n) is 7.08. The molecule has 0 saturated heterocycles. The number of hydrogen-bond acceptors (Lipinski definition) is 3. The largest absolute Gasteiger partial charge is 0.508 e. The molecule has 0 unspecified atom stereocenters. The maximum absolute atomic E-state index is 9.14. The number of aromatic hydroxyl groups is 2. The standard InChI is InChI=1S/C9H12O.C8H10O.CH4O/c1-3-8-4-5-9(10)7(2)6-8;1-2-7-3-5-8(9)6-4-7;1-2/h4-6,10H,3H2,1-2H3;3-6,9H,2H2,1H3;2H,1H3. The van der Waals surface area contributed by atoms with E-state index in [0.29, 0.717) is 11.5 Å². The molecule has 3 nitrogen and oxygen atoms in total. The van der Waals surface area contributed by atoms with Crippen molar-refractivity contribution in [2.45, 2.75) is 33.6 Å². The van der Waals surface area contributed by atoms with Gasteiger partial charge in [0.2, 0.25) is 0 Å². The van der Waals surface area contributed by atoms with Crippen LogP contribution in [-0.4, -0.2) is 22.4 Å². The van der Waals surface area contributed by atoms with E-state index in [1.165, 1.54) is 11.1 Å².